The number of fused-ring (bicyclic) bond motifs is 1. The fourth-order valence-electron chi connectivity index (χ4n) is 3.53. The van der Waals surface area contributed by atoms with Gasteiger partial charge in [0.05, 0.1) is 23.3 Å². The van der Waals surface area contributed by atoms with Gasteiger partial charge in [-0.3, -0.25) is 9.59 Å². The number of para-hydroxylation sites is 3. The molecule has 168 valence electrons. The number of imidazole rings is 1. The molecule has 0 saturated carbocycles. The van der Waals surface area contributed by atoms with Crippen molar-refractivity contribution in [2.75, 3.05) is 17.7 Å². The first-order valence-corrected chi connectivity index (χ1v) is 11.8. The van der Waals surface area contributed by atoms with Gasteiger partial charge in [-0.25, -0.2) is 4.98 Å². The number of thioether (sulfide) groups is 1. The molecule has 7 heteroatoms. The summed E-state index contributed by atoms with van der Waals surface area (Å²) >= 11 is 1.31. The van der Waals surface area contributed by atoms with E-state index >= 15 is 0 Å². The van der Waals surface area contributed by atoms with Gasteiger partial charge in [0.15, 0.2) is 11.8 Å². The summed E-state index contributed by atoms with van der Waals surface area (Å²) in [5, 5.41) is 3.54. The summed E-state index contributed by atoms with van der Waals surface area (Å²) < 4.78 is 7.29. The average Bonchev–Trinajstić information content (AvgIpc) is 3.19. The molecule has 0 spiro atoms. The maximum atomic E-state index is 12.3. The number of hydrogen-bond donors (Lipinski definition) is 1. The van der Waals surface area contributed by atoms with Gasteiger partial charge in [-0.05, 0) is 35.7 Å². The van der Waals surface area contributed by atoms with E-state index in [1.807, 2.05) is 73.7 Å². The van der Waals surface area contributed by atoms with Gasteiger partial charge < -0.3 is 14.6 Å². The number of carbonyl (C=O) groups is 2. The van der Waals surface area contributed by atoms with Crippen LogP contribution in [0.25, 0.3) is 11.0 Å². The molecule has 0 fully saturated rings. The predicted octanol–water partition coefficient (Wildman–Crippen LogP) is 4.92. The molecule has 0 aliphatic rings. The SMILES string of the molecule is CCc1ccccc1NC(=O)COC(=O)CSc1nc2ccccc2n1Cc1ccccc1. The Morgan fingerprint density at radius 1 is 0.970 bits per heavy atom. The van der Waals surface area contributed by atoms with Crippen molar-refractivity contribution in [3.63, 3.8) is 0 Å². The van der Waals surface area contributed by atoms with Gasteiger partial charge in [0.1, 0.15) is 0 Å². The molecule has 33 heavy (non-hydrogen) atoms. The van der Waals surface area contributed by atoms with Crippen molar-refractivity contribution < 1.29 is 14.3 Å². The Labute approximate surface area is 197 Å². The van der Waals surface area contributed by atoms with E-state index in [0.29, 0.717) is 6.54 Å². The molecular formula is C26H25N3O3S. The predicted molar refractivity (Wildman–Crippen MR) is 131 cm³/mol. The first-order valence-electron chi connectivity index (χ1n) is 10.8. The van der Waals surface area contributed by atoms with Gasteiger partial charge in [-0.1, -0.05) is 79.3 Å². The number of esters is 1. The second-order valence-electron chi connectivity index (χ2n) is 7.46. The van der Waals surface area contributed by atoms with E-state index < -0.39 is 5.97 Å². The van der Waals surface area contributed by atoms with E-state index in [4.69, 9.17) is 4.74 Å². The average molecular weight is 460 g/mol. The van der Waals surface area contributed by atoms with Gasteiger partial charge >= 0.3 is 5.97 Å². The normalized spacial score (nSPS) is 10.8. The van der Waals surface area contributed by atoms with Crippen molar-refractivity contribution in [3.05, 3.63) is 90.0 Å². The van der Waals surface area contributed by atoms with Crippen LogP contribution in [-0.2, 0) is 27.3 Å². The fraction of sp³-hybridized carbons (Fsp3) is 0.192. The lowest BCUT2D eigenvalue weighted by Crippen LogP contribution is -2.22. The third-order valence-electron chi connectivity index (χ3n) is 5.16. The quantitative estimate of drug-likeness (QED) is 0.284. The van der Waals surface area contributed by atoms with Crippen LogP contribution < -0.4 is 5.32 Å². The number of nitrogens with one attached hydrogen (secondary N) is 1. The Hall–Kier alpha value is -3.58. The molecule has 0 aliphatic heterocycles. The number of hydrogen-bond acceptors (Lipinski definition) is 5. The largest absolute Gasteiger partial charge is 0.455 e. The van der Waals surface area contributed by atoms with Crippen molar-refractivity contribution in [3.8, 4) is 0 Å². The highest BCUT2D eigenvalue weighted by Crippen LogP contribution is 2.25. The van der Waals surface area contributed by atoms with Crippen molar-refractivity contribution in [2.24, 2.45) is 0 Å². The minimum absolute atomic E-state index is 0.0664. The first-order chi connectivity index (χ1) is 16.1. The number of aryl methyl sites for hydroxylation is 1. The molecule has 4 aromatic rings. The smallest absolute Gasteiger partial charge is 0.316 e. The standard InChI is InChI=1S/C26H25N3O3S/c1-2-20-12-6-7-13-21(20)27-24(30)17-32-25(31)18-33-26-28-22-14-8-9-15-23(22)29(26)16-19-10-4-3-5-11-19/h3-15H,2,16-18H2,1H3,(H,27,30). The number of amides is 1. The lowest BCUT2D eigenvalue weighted by atomic mass is 10.1. The van der Waals surface area contributed by atoms with E-state index in [1.54, 1.807) is 0 Å². The van der Waals surface area contributed by atoms with Crippen LogP contribution in [0, 0.1) is 0 Å². The maximum Gasteiger partial charge on any atom is 0.316 e. The Morgan fingerprint density at radius 2 is 1.70 bits per heavy atom. The molecule has 0 saturated heterocycles. The highest BCUT2D eigenvalue weighted by Gasteiger charge is 2.15. The summed E-state index contributed by atoms with van der Waals surface area (Å²) in [4.78, 5) is 29.2. The topological polar surface area (TPSA) is 73.2 Å². The Kier molecular flexibility index (Phi) is 7.42. The molecule has 0 bridgehead atoms. The van der Waals surface area contributed by atoms with Gasteiger partial charge in [0, 0.05) is 5.69 Å². The summed E-state index contributed by atoms with van der Waals surface area (Å²) in [7, 11) is 0. The number of carbonyl (C=O) groups excluding carboxylic acids is 2. The highest BCUT2D eigenvalue weighted by molar-refractivity contribution is 7.99. The monoisotopic (exact) mass is 459 g/mol. The molecule has 0 radical (unpaired) electrons. The molecule has 0 aliphatic carbocycles. The fourth-order valence-corrected chi connectivity index (χ4v) is 4.34. The van der Waals surface area contributed by atoms with Crippen LogP contribution in [0.4, 0.5) is 5.69 Å². The van der Waals surface area contributed by atoms with Gasteiger partial charge in [0.25, 0.3) is 5.91 Å². The minimum atomic E-state index is -0.461. The van der Waals surface area contributed by atoms with Crippen molar-refractivity contribution in [1.29, 1.82) is 0 Å². The van der Waals surface area contributed by atoms with Crippen LogP contribution in [0.5, 0.6) is 0 Å². The molecule has 1 amide bonds. The van der Waals surface area contributed by atoms with Crippen molar-refractivity contribution in [2.45, 2.75) is 25.0 Å². The molecule has 3 aromatic carbocycles. The number of anilines is 1. The van der Waals surface area contributed by atoms with Crippen molar-refractivity contribution in [1.82, 2.24) is 9.55 Å². The summed E-state index contributed by atoms with van der Waals surface area (Å²) in [6, 6.07) is 25.6. The summed E-state index contributed by atoms with van der Waals surface area (Å²) in [5.74, 6) is -0.750. The number of nitrogens with zero attached hydrogens (tertiary/aromatic N) is 2. The number of aromatic nitrogens is 2. The zero-order valence-electron chi connectivity index (χ0n) is 18.4. The second-order valence-corrected chi connectivity index (χ2v) is 8.41. The van der Waals surface area contributed by atoms with Crippen molar-refractivity contribution >= 4 is 40.4 Å². The molecule has 1 aromatic heterocycles. The summed E-state index contributed by atoms with van der Waals surface area (Å²) in [6.07, 6.45) is 0.802. The number of ether oxygens (including phenoxy) is 1. The van der Waals surface area contributed by atoms with Crippen LogP contribution in [0.15, 0.2) is 84.0 Å². The van der Waals surface area contributed by atoms with Crippen LogP contribution in [0.1, 0.15) is 18.1 Å². The lowest BCUT2D eigenvalue weighted by Gasteiger charge is -2.10. The zero-order valence-corrected chi connectivity index (χ0v) is 19.2. The third kappa shape index (κ3) is 5.81. The third-order valence-corrected chi connectivity index (χ3v) is 6.11. The second kappa shape index (κ2) is 10.8. The minimum Gasteiger partial charge on any atom is -0.455 e. The van der Waals surface area contributed by atoms with Crippen LogP contribution >= 0.6 is 11.8 Å². The molecular weight excluding hydrogens is 434 g/mol. The van der Waals surface area contributed by atoms with E-state index in [1.165, 1.54) is 11.8 Å². The molecule has 0 atom stereocenters. The number of rotatable bonds is 9. The molecule has 6 nitrogen and oxygen atoms in total. The van der Waals surface area contributed by atoms with Crippen LogP contribution in [0.2, 0.25) is 0 Å². The Bertz CT molecular complexity index is 1250. The molecule has 4 rings (SSSR count). The lowest BCUT2D eigenvalue weighted by molar-refractivity contribution is -0.144. The van der Waals surface area contributed by atoms with Gasteiger partial charge in [-0.2, -0.15) is 0 Å². The van der Waals surface area contributed by atoms with E-state index in [2.05, 4.69) is 27.0 Å². The Morgan fingerprint density at radius 3 is 2.52 bits per heavy atom. The summed E-state index contributed by atoms with van der Waals surface area (Å²) in [6.45, 7) is 2.35. The Balaban J connectivity index is 1.36. The van der Waals surface area contributed by atoms with E-state index in [0.717, 1.165) is 39.4 Å². The van der Waals surface area contributed by atoms with Crippen LogP contribution in [0.3, 0.4) is 0 Å². The molecule has 0 unspecified atom stereocenters. The van der Waals surface area contributed by atoms with Gasteiger partial charge in [0.2, 0.25) is 0 Å². The first kappa shape index (κ1) is 22.6. The molecule has 1 N–H and O–H groups in total. The maximum absolute atomic E-state index is 12.3. The highest BCUT2D eigenvalue weighted by atomic mass is 32.2. The summed E-state index contributed by atoms with van der Waals surface area (Å²) in [5.41, 5.74) is 4.80. The zero-order chi connectivity index (χ0) is 23.0. The molecule has 1 heterocycles. The number of benzene rings is 3. The van der Waals surface area contributed by atoms with Gasteiger partial charge in [-0.15, -0.1) is 0 Å². The van der Waals surface area contributed by atoms with E-state index in [-0.39, 0.29) is 18.3 Å². The van der Waals surface area contributed by atoms with Crippen LogP contribution in [-0.4, -0.2) is 33.8 Å². The van der Waals surface area contributed by atoms with E-state index in [9.17, 15) is 9.59 Å².